The summed E-state index contributed by atoms with van der Waals surface area (Å²) in [5.74, 6) is 0.819. The van der Waals surface area contributed by atoms with Gasteiger partial charge in [-0.15, -0.1) is 11.3 Å². The van der Waals surface area contributed by atoms with E-state index in [1.807, 2.05) is 24.4 Å². The average Bonchev–Trinajstić information content (AvgIpc) is 3.12. The van der Waals surface area contributed by atoms with E-state index in [9.17, 15) is 4.79 Å². The van der Waals surface area contributed by atoms with Gasteiger partial charge in [0.05, 0.1) is 11.3 Å². The molecule has 2 aromatic heterocycles. The number of aryl methyl sites for hydroxylation is 1. The van der Waals surface area contributed by atoms with Crippen LogP contribution in [0.25, 0.3) is 10.6 Å². The summed E-state index contributed by atoms with van der Waals surface area (Å²) >= 11 is 1.72. The molecule has 1 aliphatic rings. The number of rotatable bonds is 5. The Bertz CT molecular complexity index is 948. The maximum absolute atomic E-state index is 12.4. The Labute approximate surface area is 156 Å². The molecule has 0 unspecified atom stereocenters. The van der Waals surface area contributed by atoms with Crippen LogP contribution >= 0.6 is 11.3 Å². The van der Waals surface area contributed by atoms with Crippen molar-refractivity contribution >= 4 is 11.3 Å². The van der Waals surface area contributed by atoms with Crippen molar-refractivity contribution in [1.29, 1.82) is 0 Å². The Morgan fingerprint density at radius 1 is 1.27 bits per heavy atom. The molecular weight excluding hydrogens is 344 g/mol. The Morgan fingerprint density at radius 2 is 2.12 bits per heavy atom. The van der Waals surface area contributed by atoms with Crippen LogP contribution in [-0.2, 0) is 25.9 Å². The summed E-state index contributed by atoms with van der Waals surface area (Å²) in [6.07, 6.45) is 4.61. The van der Waals surface area contributed by atoms with Crippen LogP contribution in [0.1, 0.15) is 35.3 Å². The predicted octanol–water partition coefficient (Wildman–Crippen LogP) is 3.40. The first-order valence-electron chi connectivity index (χ1n) is 9.06. The van der Waals surface area contributed by atoms with Crippen molar-refractivity contribution in [3.8, 4) is 10.6 Å². The summed E-state index contributed by atoms with van der Waals surface area (Å²) in [5.41, 5.74) is 2.97. The van der Waals surface area contributed by atoms with Gasteiger partial charge in [0.1, 0.15) is 10.8 Å². The summed E-state index contributed by atoms with van der Waals surface area (Å²) in [6, 6.07) is 10.2. The fraction of sp³-hybridized carbons (Fsp3) is 0.350. The van der Waals surface area contributed by atoms with E-state index in [0.717, 1.165) is 60.0 Å². The van der Waals surface area contributed by atoms with Gasteiger partial charge in [-0.25, -0.2) is 9.97 Å². The smallest absolute Gasteiger partial charge is 0.255 e. The van der Waals surface area contributed by atoms with Crippen LogP contribution in [0, 0.1) is 0 Å². The number of aromatic amines is 1. The Kier molecular flexibility index (Phi) is 4.95. The minimum Gasteiger partial charge on any atom is -0.310 e. The van der Waals surface area contributed by atoms with Crippen molar-refractivity contribution in [2.45, 2.75) is 39.3 Å². The number of benzene rings is 1. The zero-order chi connectivity index (χ0) is 17.9. The van der Waals surface area contributed by atoms with Gasteiger partial charge in [-0.1, -0.05) is 37.3 Å². The lowest BCUT2D eigenvalue weighted by molar-refractivity contribution is 0.243. The number of fused-ring (bicyclic) bond motifs is 1. The van der Waals surface area contributed by atoms with Crippen molar-refractivity contribution < 1.29 is 0 Å². The van der Waals surface area contributed by atoms with Crippen molar-refractivity contribution in [2.75, 3.05) is 6.54 Å². The lowest BCUT2D eigenvalue weighted by atomic mass is 10.1. The molecule has 1 aromatic carbocycles. The van der Waals surface area contributed by atoms with Crippen LogP contribution in [0.15, 0.2) is 41.3 Å². The van der Waals surface area contributed by atoms with Gasteiger partial charge in [0.2, 0.25) is 0 Å². The standard InChI is InChI=1S/C20H22N4OS/c1-2-6-18-22-17-9-10-24(13-16(17)19(25)23-18)12-15-11-21-20(26-15)14-7-4-3-5-8-14/h3-5,7-8,11H,2,6,9-10,12-13H2,1H3,(H,22,23,25). The first-order chi connectivity index (χ1) is 12.7. The van der Waals surface area contributed by atoms with Gasteiger partial charge in [-0.3, -0.25) is 9.69 Å². The van der Waals surface area contributed by atoms with E-state index >= 15 is 0 Å². The highest BCUT2D eigenvalue weighted by molar-refractivity contribution is 7.15. The van der Waals surface area contributed by atoms with Crippen LogP contribution in [0.5, 0.6) is 0 Å². The van der Waals surface area contributed by atoms with E-state index < -0.39 is 0 Å². The highest BCUT2D eigenvalue weighted by atomic mass is 32.1. The molecule has 1 aliphatic heterocycles. The van der Waals surface area contributed by atoms with E-state index in [2.05, 4.69) is 38.9 Å². The Morgan fingerprint density at radius 3 is 2.92 bits per heavy atom. The maximum atomic E-state index is 12.4. The average molecular weight is 366 g/mol. The van der Waals surface area contributed by atoms with Crippen LogP contribution in [0.3, 0.4) is 0 Å². The van der Waals surface area contributed by atoms with Gasteiger partial charge in [-0.2, -0.15) is 0 Å². The first kappa shape index (κ1) is 17.1. The third-order valence-corrected chi connectivity index (χ3v) is 5.67. The second-order valence-electron chi connectivity index (χ2n) is 6.65. The molecule has 134 valence electrons. The van der Waals surface area contributed by atoms with Gasteiger partial charge in [0.15, 0.2) is 0 Å². The largest absolute Gasteiger partial charge is 0.310 e. The quantitative estimate of drug-likeness (QED) is 0.752. The molecule has 5 nitrogen and oxygen atoms in total. The molecule has 1 N–H and O–H groups in total. The molecule has 6 heteroatoms. The number of hydrogen-bond acceptors (Lipinski definition) is 5. The summed E-state index contributed by atoms with van der Waals surface area (Å²) in [7, 11) is 0. The molecule has 3 heterocycles. The normalized spacial score (nSPS) is 14.3. The van der Waals surface area contributed by atoms with Crippen LogP contribution in [-0.4, -0.2) is 26.4 Å². The van der Waals surface area contributed by atoms with Crippen LogP contribution in [0.2, 0.25) is 0 Å². The van der Waals surface area contributed by atoms with Crippen molar-refractivity contribution in [3.63, 3.8) is 0 Å². The third kappa shape index (κ3) is 3.61. The van der Waals surface area contributed by atoms with Gasteiger partial charge >= 0.3 is 0 Å². The molecule has 0 atom stereocenters. The Hall–Kier alpha value is -2.31. The minimum atomic E-state index is 0.0254. The molecule has 0 bridgehead atoms. The second-order valence-corrected chi connectivity index (χ2v) is 7.76. The molecule has 0 aliphatic carbocycles. The van der Waals surface area contributed by atoms with Gasteiger partial charge in [0.25, 0.3) is 5.56 Å². The molecule has 0 saturated heterocycles. The van der Waals surface area contributed by atoms with Gasteiger partial charge in [-0.05, 0) is 6.42 Å². The number of nitrogens with one attached hydrogen (secondary N) is 1. The van der Waals surface area contributed by atoms with Crippen LogP contribution in [0.4, 0.5) is 0 Å². The van der Waals surface area contributed by atoms with Gasteiger partial charge in [0, 0.05) is 49.1 Å². The molecule has 3 aromatic rings. The lowest BCUT2D eigenvalue weighted by Crippen LogP contribution is -2.35. The number of H-pyrrole nitrogens is 1. The zero-order valence-corrected chi connectivity index (χ0v) is 15.7. The molecule has 4 rings (SSSR count). The number of hydrogen-bond donors (Lipinski definition) is 1. The summed E-state index contributed by atoms with van der Waals surface area (Å²) in [5, 5.41) is 1.04. The summed E-state index contributed by atoms with van der Waals surface area (Å²) in [4.78, 5) is 28.1. The number of nitrogens with zero attached hydrogens (tertiary/aromatic N) is 3. The van der Waals surface area contributed by atoms with E-state index in [-0.39, 0.29) is 5.56 Å². The first-order valence-corrected chi connectivity index (χ1v) is 9.88. The predicted molar refractivity (Wildman–Crippen MR) is 104 cm³/mol. The van der Waals surface area contributed by atoms with Gasteiger partial charge < -0.3 is 4.98 Å². The van der Waals surface area contributed by atoms with E-state index in [0.29, 0.717) is 6.54 Å². The monoisotopic (exact) mass is 366 g/mol. The zero-order valence-electron chi connectivity index (χ0n) is 14.9. The SMILES string of the molecule is CCCc1nc2c(c(=O)[nH]1)CN(Cc1cnc(-c3ccccc3)s1)CC2. The molecular formula is C20H22N4OS. The number of aromatic nitrogens is 3. The molecule has 26 heavy (non-hydrogen) atoms. The third-order valence-electron chi connectivity index (χ3n) is 4.64. The highest BCUT2D eigenvalue weighted by Gasteiger charge is 2.21. The van der Waals surface area contributed by atoms with Crippen molar-refractivity contribution in [2.24, 2.45) is 0 Å². The maximum Gasteiger partial charge on any atom is 0.255 e. The minimum absolute atomic E-state index is 0.0254. The fourth-order valence-electron chi connectivity index (χ4n) is 3.34. The van der Waals surface area contributed by atoms with Crippen molar-refractivity contribution in [3.05, 3.63) is 68.8 Å². The molecule has 0 amide bonds. The van der Waals surface area contributed by atoms with Crippen LogP contribution < -0.4 is 5.56 Å². The lowest BCUT2D eigenvalue weighted by Gasteiger charge is -2.27. The summed E-state index contributed by atoms with van der Waals surface area (Å²) in [6.45, 7) is 4.50. The second kappa shape index (κ2) is 7.51. The molecule has 0 saturated carbocycles. The topological polar surface area (TPSA) is 61.9 Å². The molecule has 0 radical (unpaired) electrons. The Balaban J connectivity index is 1.48. The fourth-order valence-corrected chi connectivity index (χ4v) is 4.30. The number of thiazole rings is 1. The molecule has 0 fully saturated rings. The van der Waals surface area contributed by atoms with E-state index in [1.54, 1.807) is 11.3 Å². The van der Waals surface area contributed by atoms with Crippen molar-refractivity contribution in [1.82, 2.24) is 19.9 Å². The van der Waals surface area contributed by atoms with E-state index in [4.69, 9.17) is 0 Å². The molecule has 0 spiro atoms. The van der Waals surface area contributed by atoms with E-state index in [1.165, 1.54) is 4.88 Å². The highest BCUT2D eigenvalue weighted by Crippen LogP contribution is 2.26. The summed E-state index contributed by atoms with van der Waals surface area (Å²) < 4.78 is 0.